The van der Waals surface area contributed by atoms with Crippen molar-refractivity contribution in [2.24, 2.45) is 0 Å². The van der Waals surface area contributed by atoms with Gasteiger partial charge in [0.25, 0.3) is 10.0 Å². The number of aryl methyl sites for hydroxylation is 1. The normalized spacial score (nSPS) is 12.3. The summed E-state index contributed by atoms with van der Waals surface area (Å²) in [6.45, 7) is 8.47. The molecule has 1 atom stereocenters. The number of halogens is 3. The van der Waals surface area contributed by atoms with E-state index in [0.717, 1.165) is 15.4 Å². The van der Waals surface area contributed by atoms with Gasteiger partial charge in [0.1, 0.15) is 12.6 Å². The van der Waals surface area contributed by atoms with Gasteiger partial charge in [0.15, 0.2) is 0 Å². The Kier molecular flexibility index (Phi) is 11.7. The summed E-state index contributed by atoms with van der Waals surface area (Å²) in [4.78, 5) is 30.1. The highest BCUT2D eigenvalue weighted by Crippen LogP contribution is 2.32. The van der Waals surface area contributed by atoms with Crippen molar-refractivity contribution in [1.29, 1.82) is 0 Å². The van der Waals surface area contributed by atoms with E-state index in [-0.39, 0.29) is 34.5 Å². The van der Waals surface area contributed by atoms with E-state index >= 15 is 0 Å². The number of amides is 2. The van der Waals surface area contributed by atoms with Gasteiger partial charge in [-0.1, -0.05) is 95.0 Å². The summed E-state index contributed by atoms with van der Waals surface area (Å²) in [6.07, 6.45) is 0.177. The zero-order valence-corrected chi connectivity index (χ0v) is 30.0. The first kappa shape index (κ1) is 36.3. The van der Waals surface area contributed by atoms with E-state index in [1.54, 1.807) is 55.5 Å². The van der Waals surface area contributed by atoms with Gasteiger partial charge < -0.3 is 10.2 Å². The van der Waals surface area contributed by atoms with Crippen LogP contribution in [0.25, 0.3) is 0 Å². The molecule has 0 unspecified atom stereocenters. The highest BCUT2D eigenvalue weighted by atomic mass is 35.5. The molecule has 0 fully saturated rings. The van der Waals surface area contributed by atoms with E-state index in [4.69, 9.17) is 34.8 Å². The molecule has 1 N–H and O–H groups in total. The molecule has 0 aliphatic carbocycles. The van der Waals surface area contributed by atoms with Gasteiger partial charge in [0, 0.05) is 23.5 Å². The predicted molar refractivity (Wildman–Crippen MR) is 191 cm³/mol. The van der Waals surface area contributed by atoms with E-state index in [1.807, 2.05) is 58.0 Å². The van der Waals surface area contributed by atoms with Gasteiger partial charge >= 0.3 is 0 Å². The monoisotopic (exact) mass is 713 g/mol. The lowest BCUT2D eigenvalue weighted by Gasteiger charge is -2.35. The molecule has 11 heteroatoms. The Labute approximate surface area is 292 Å². The number of anilines is 1. The Morgan fingerprint density at radius 3 is 2.06 bits per heavy atom. The van der Waals surface area contributed by atoms with Crippen LogP contribution in [0.3, 0.4) is 0 Å². The van der Waals surface area contributed by atoms with E-state index < -0.39 is 34.1 Å². The van der Waals surface area contributed by atoms with Crippen molar-refractivity contribution in [3.05, 3.63) is 128 Å². The molecule has 0 saturated carbocycles. The minimum atomic E-state index is -4.27. The second-order valence-corrected chi connectivity index (χ2v) is 15.5. The lowest BCUT2D eigenvalue weighted by atomic mass is 10.0. The maximum absolute atomic E-state index is 14.7. The third kappa shape index (κ3) is 9.29. The molecule has 4 aromatic rings. The van der Waals surface area contributed by atoms with E-state index in [1.165, 1.54) is 17.0 Å². The van der Waals surface area contributed by atoms with Gasteiger partial charge in [0.05, 0.1) is 20.6 Å². The molecule has 0 aliphatic heterocycles. The average molecular weight is 715 g/mol. The Balaban J connectivity index is 1.86. The number of rotatable bonds is 11. The SMILES string of the molecule is Cc1ccc(S(=O)(=O)N(CC(=O)N(Cc2ccc(Cl)c(Cl)c2)[C@H](Cc2ccccc2)C(=O)NC(C)(C)C)c2cccc(Cl)c2C)cc1. The summed E-state index contributed by atoms with van der Waals surface area (Å²) < 4.78 is 29.6. The fraction of sp³-hybridized carbons (Fsp3) is 0.278. The zero-order chi connectivity index (χ0) is 34.5. The second kappa shape index (κ2) is 15.1. The van der Waals surface area contributed by atoms with Gasteiger partial charge in [0.2, 0.25) is 11.8 Å². The number of carbonyl (C=O) groups is 2. The second-order valence-electron chi connectivity index (χ2n) is 12.4. The van der Waals surface area contributed by atoms with Crippen LogP contribution in [0.5, 0.6) is 0 Å². The smallest absolute Gasteiger partial charge is 0.264 e. The molecule has 0 bridgehead atoms. The Bertz CT molecular complexity index is 1840. The molecule has 0 radical (unpaired) electrons. The first-order chi connectivity index (χ1) is 22.1. The van der Waals surface area contributed by atoms with Crippen LogP contribution in [-0.4, -0.2) is 43.3 Å². The highest BCUT2D eigenvalue weighted by molar-refractivity contribution is 7.92. The number of nitrogens with zero attached hydrogens (tertiary/aromatic N) is 2. The van der Waals surface area contributed by atoms with E-state index in [0.29, 0.717) is 21.2 Å². The molecular weight excluding hydrogens is 677 g/mol. The lowest BCUT2D eigenvalue weighted by molar-refractivity contribution is -0.140. The van der Waals surface area contributed by atoms with Crippen molar-refractivity contribution in [3.8, 4) is 0 Å². The molecule has 0 aliphatic rings. The summed E-state index contributed by atoms with van der Waals surface area (Å²) in [5, 5.41) is 3.99. The summed E-state index contributed by atoms with van der Waals surface area (Å²) >= 11 is 19.0. The largest absolute Gasteiger partial charge is 0.350 e. The van der Waals surface area contributed by atoms with E-state index in [2.05, 4.69) is 5.32 Å². The van der Waals surface area contributed by atoms with Crippen molar-refractivity contribution in [3.63, 3.8) is 0 Å². The molecule has 4 rings (SSSR count). The Morgan fingerprint density at radius 2 is 1.45 bits per heavy atom. The number of hydrogen-bond acceptors (Lipinski definition) is 4. The van der Waals surface area contributed by atoms with Crippen LogP contribution in [0.2, 0.25) is 15.1 Å². The molecule has 47 heavy (non-hydrogen) atoms. The minimum Gasteiger partial charge on any atom is -0.350 e. The number of sulfonamides is 1. The van der Waals surface area contributed by atoms with Gasteiger partial charge in [-0.05, 0) is 87.7 Å². The first-order valence-electron chi connectivity index (χ1n) is 15.0. The maximum Gasteiger partial charge on any atom is 0.264 e. The van der Waals surface area contributed by atoms with Crippen LogP contribution in [0.4, 0.5) is 5.69 Å². The standard InChI is InChI=1S/C36H38Cl3N3O4S/c1-24-14-17-28(18-15-24)47(45,46)42(32-13-9-12-29(37)25(32)2)23-34(43)41(22-27-16-19-30(38)31(39)20-27)33(35(44)40-36(3,4)5)21-26-10-7-6-8-11-26/h6-20,33H,21-23H2,1-5H3,(H,40,44)/t33-/m1/s1. The number of carbonyl (C=O) groups excluding carboxylic acids is 2. The summed E-state index contributed by atoms with van der Waals surface area (Å²) in [7, 11) is -4.27. The van der Waals surface area contributed by atoms with Gasteiger partial charge in [-0.2, -0.15) is 0 Å². The van der Waals surface area contributed by atoms with Gasteiger partial charge in [-0.25, -0.2) is 8.42 Å². The van der Waals surface area contributed by atoms with Crippen LogP contribution in [0.1, 0.15) is 43.0 Å². The topological polar surface area (TPSA) is 86.8 Å². The van der Waals surface area contributed by atoms with Crippen molar-refractivity contribution in [2.45, 2.75) is 64.1 Å². The summed E-state index contributed by atoms with van der Waals surface area (Å²) in [5.74, 6) is -0.988. The van der Waals surface area contributed by atoms with Crippen LogP contribution >= 0.6 is 34.8 Å². The third-order valence-electron chi connectivity index (χ3n) is 7.50. The lowest BCUT2D eigenvalue weighted by Crippen LogP contribution is -2.56. The van der Waals surface area contributed by atoms with Crippen molar-refractivity contribution in [2.75, 3.05) is 10.8 Å². The molecule has 0 spiro atoms. The van der Waals surface area contributed by atoms with Gasteiger partial charge in [-0.15, -0.1) is 0 Å². The number of hydrogen-bond donors (Lipinski definition) is 1. The van der Waals surface area contributed by atoms with Crippen LogP contribution in [0.15, 0.2) is 95.9 Å². The molecular formula is C36H38Cl3N3O4S. The highest BCUT2D eigenvalue weighted by Gasteiger charge is 2.36. The quantitative estimate of drug-likeness (QED) is 0.171. The fourth-order valence-electron chi connectivity index (χ4n) is 5.06. The number of nitrogens with one attached hydrogen (secondary N) is 1. The number of benzene rings is 4. The first-order valence-corrected chi connectivity index (χ1v) is 17.6. The van der Waals surface area contributed by atoms with Crippen LogP contribution < -0.4 is 9.62 Å². The average Bonchev–Trinajstić information content (AvgIpc) is 3.00. The van der Waals surface area contributed by atoms with Crippen molar-refractivity contribution < 1.29 is 18.0 Å². The van der Waals surface area contributed by atoms with Gasteiger partial charge in [-0.3, -0.25) is 13.9 Å². The van der Waals surface area contributed by atoms with Crippen LogP contribution in [0, 0.1) is 13.8 Å². The zero-order valence-electron chi connectivity index (χ0n) is 26.9. The molecule has 7 nitrogen and oxygen atoms in total. The third-order valence-corrected chi connectivity index (χ3v) is 10.4. The Morgan fingerprint density at radius 1 is 0.787 bits per heavy atom. The minimum absolute atomic E-state index is 0.0117. The van der Waals surface area contributed by atoms with E-state index in [9.17, 15) is 18.0 Å². The molecule has 4 aromatic carbocycles. The van der Waals surface area contributed by atoms with Crippen molar-refractivity contribution in [1.82, 2.24) is 10.2 Å². The van der Waals surface area contributed by atoms with Crippen LogP contribution in [-0.2, 0) is 32.6 Å². The molecule has 0 aromatic heterocycles. The fourth-order valence-corrected chi connectivity index (χ4v) is 7.02. The molecule has 0 saturated heterocycles. The van der Waals surface area contributed by atoms with Crippen molar-refractivity contribution >= 4 is 62.3 Å². The predicted octanol–water partition coefficient (Wildman–Crippen LogP) is 8.01. The molecule has 248 valence electrons. The molecule has 2 amide bonds. The Hall–Kier alpha value is -3.56. The molecule has 0 heterocycles. The maximum atomic E-state index is 14.7. The summed E-state index contributed by atoms with van der Waals surface area (Å²) in [5.41, 5.74) is 2.44. The summed E-state index contributed by atoms with van der Waals surface area (Å²) in [6, 6.07) is 24.6.